The molecule has 0 aromatic carbocycles. The van der Waals surface area contributed by atoms with E-state index >= 15 is 0 Å². The molecule has 1 fully saturated rings. The van der Waals surface area contributed by atoms with Gasteiger partial charge in [0.25, 0.3) is 0 Å². The molecule has 1 aliphatic rings. The van der Waals surface area contributed by atoms with Crippen LogP contribution in [0.2, 0.25) is 0 Å². The van der Waals surface area contributed by atoms with Crippen LogP contribution in [0.3, 0.4) is 0 Å². The van der Waals surface area contributed by atoms with Crippen molar-refractivity contribution in [1.82, 2.24) is 10.2 Å². The van der Waals surface area contributed by atoms with Crippen molar-refractivity contribution in [2.75, 3.05) is 20.2 Å². The number of carbonyl (C=O) groups is 1. The van der Waals surface area contributed by atoms with Gasteiger partial charge in [-0.15, -0.1) is 11.3 Å². The molecule has 1 aliphatic heterocycles. The summed E-state index contributed by atoms with van der Waals surface area (Å²) in [5.41, 5.74) is -0.485. The van der Waals surface area contributed by atoms with E-state index in [2.05, 4.69) is 43.2 Å². The highest BCUT2D eigenvalue weighted by Crippen LogP contribution is 2.32. The van der Waals surface area contributed by atoms with E-state index in [-0.39, 0.29) is 18.2 Å². The Labute approximate surface area is 158 Å². The fourth-order valence-corrected chi connectivity index (χ4v) is 4.52. The summed E-state index contributed by atoms with van der Waals surface area (Å²) in [5, 5.41) is 3.48. The molecule has 23 heavy (non-hydrogen) atoms. The lowest BCUT2D eigenvalue weighted by Crippen LogP contribution is -2.40. The van der Waals surface area contributed by atoms with Gasteiger partial charge in [0.05, 0.1) is 22.5 Å². The zero-order valence-electron chi connectivity index (χ0n) is 13.7. The van der Waals surface area contributed by atoms with Gasteiger partial charge < -0.3 is 19.7 Å². The lowest BCUT2D eigenvalue weighted by molar-refractivity contribution is 0.0252. The molecule has 1 aromatic heterocycles. The standard InChI is InChI=1S/C15H22Br2N2O3S/c1-15(2,3)22-14(20)19-7-11(12(8-19)21-4)18-6-9-5-10(16)13(17)23-9/h5,11-12,18H,6-8H2,1-4H3/t11?,12-/m0/s1. The fraction of sp³-hybridized carbons (Fsp3) is 0.667. The van der Waals surface area contributed by atoms with Gasteiger partial charge in [0.15, 0.2) is 0 Å². The van der Waals surface area contributed by atoms with E-state index in [1.165, 1.54) is 4.88 Å². The van der Waals surface area contributed by atoms with Crippen molar-refractivity contribution in [2.24, 2.45) is 0 Å². The average Bonchev–Trinajstić information content (AvgIpc) is 2.98. The summed E-state index contributed by atoms with van der Waals surface area (Å²) in [6.07, 6.45) is -0.320. The third-order valence-corrected chi connectivity index (χ3v) is 6.71. The molecule has 0 bridgehead atoms. The highest BCUT2D eigenvalue weighted by Gasteiger charge is 2.37. The molecule has 2 atom stereocenters. The molecule has 1 amide bonds. The highest BCUT2D eigenvalue weighted by atomic mass is 79.9. The molecular formula is C15H22Br2N2O3S. The second kappa shape index (κ2) is 7.82. The van der Waals surface area contributed by atoms with Gasteiger partial charge in [-0.3, -0.25) is 0 Å². The summed E-state index contributed by atoms with van der Waals surface area (Å²) in [4.78, 5) is 15.1. The Morgan fingerprint density at radius 1 is 1.43 bits per heavy atom. The largest absolute Gasteiger partial charge is 0.444 e. The normalized spacial score (nSPS) is 21.7. The number of rotatable bonds is 4. The van der Waals surface area contributed by atoms with E-state index < -0.39 is 5.60 Å². The first-order valence-electron chi connectivity index (χ1n) is 7.37. The molecule has 1 aromatic rings. The van der Waals surface area contributed by atoms with Crippen LogP contribution in [-0.2, 0) is 16.0 Å². The number of methoxy groups -OCH3 is 1. The number of carbonyl (C=O) groups excluding carboxylic acids is 1. The maximum absolute atomic E-state index is 12.2. The van der Waals surface area contributed by atoms with Gasteiger partial charge in [-0.2, -0.15) is 0 Å². The lowest BCUT2D eigenvalue weighted by atomic mass is 10.2. The van der Waals surface area contributed by atoms with Crippen LogP contribution in [0.15, 0.2) is 14.3 Å². The average molecular weight is 470 g/mol. The van der Waals surface area contributed by atoms with Gasteiger partial charge in [0.1, 0.15) is 5.60 Å². The van der Waals surface area contributed by atoms with Crippen molar-refractivity contribution >= 4 is 49.3 Å². The van der Waals surface area contributed by atoms with Gasteiger partial charge in [-0.1, -0.05) is 0 Å². The number of nitrogens with zero attached hydrogens (tertiary/aromatic N) is 1. The molecule has 130 valence electrons. The van der Waals surface area contributed by atoms with Crippen LogP contribution < -0.4 is 5.32 Å². The van der Waals surface area contributed by atoms with E-state index in [1.807, 2.05) is 20.8 Å². The molecular weight excluding hydrogens is 448 g/mol. The van der Waals surface area contributed by atoms with Gasteiger partial charge in [0.2, 0.25) is 0 Å². The van der Waals surface area contributed by atoms with Crippen LogP contribution in [0.5, 0.6) is 0 Å². The Balaban J connectivity index is 1.92. The molecule has 1 unspecified atom stereocenters. The molecule has 1 N–H and O–H groups in total. The summed E-state index contributed by atoms with van der Waals surface area (Å²) in [6.45, 7) is 7.48. The summed E-state index contributed by atoms with van der Waals surface area (Å²) >= 11 is 8.68. The number of hydrogen-bond acceptors (Lipinski definition) is 5. The quantitative estimate of drug-likeness (QED) is 0.724. The topological polar surface area (TPSA) is 50.8 Å². The molecule has 0 spiro atoms. The minimum atomic E-state index is -0.485. The summed E-state index contributed by atoms with van der Waals surface area (Å²) in [5.74, 6) is 0. The first kappa shape index (κ1) is 19.2. The van der Waals surface area contributed by atoms with Crippen molar-refractivity contribution in [1.29, 1.82) is 0 Å². The van der Waals surface area contributed by atoms with E-state index in [0.717, 1.165) is 14.8 Å². The van der Waals surface area contributed by atoms with E-state index in [1.54, 1.807) is 23.3 Å². The number of ether oxygens (including phenoxy) is 2. The number of amides is 1. The summed E-state index contributed by atoms with van der Waals surface area (Å²) in [6, 6.07) is 2.18. The van der Waals surface area contributed by atoms with Crippen LogP contribution in [0, 0.1) is 0 Å². The van der Waals surface area contributed by atoms with E-state index in [0.29, 0.717) is 13.1 Å². The molecule has 2 heterocycles. The predicted molar refractivity (Wildman–Crippen MR) is 99.0 cm³/mol. The van der Waals surface area contributed by atoms with Crippen molar-refractivity contribution in [3.8, 4) is 0 Å². The lowest BCUT2D eigenvalue weighted by Gasteiger charge is -2.24. The smallest absolute Gasteiger partial charge is 0.410 e. The van der Waals surface area contributed by atoms with E-state index in [9.17, 15) is 4.79 Å². The minimum absolute atomic E-state index is 0.0330. The first-order chi connectivity index (χ1) is 10.7. The Hall–Kier alpha value is -0.150. The predicted octanol–water partition coefficient (Wildman–Crippen LogP) is 4.00. The Bertz CT molecular complexity index is 540. The second-order valence-corrected chi connectivity index (χ2v) is 9.79. The molecule has 0 saturated carbocycles. The van der Waals surface area contributed by atoms with Gasteiger partial charge in [-0.25, -0.2) is 4.79 Å². The molecule has 2 rings (SSSR count). The van der Waals surface area contributed by atoms with Gasteiger partial charge in [0, 0.05) is 29.5 Å². The zero-order valence-corrected chi connectivity index (χ0v) is 17.7. The number of likely N-dealkylation sites (tertiary alicyclic amines) is 1. The fourth-order valence-electron chi connectivity index (χ4n) is 2.39. The molecule has 8 heteroatoms. The molecule has 1 saturated heterocycles. The minimum Gasteiger partial charge on any atom is -0.444 e. The molecule has 5 nitrogen and oxygen atoms in total. The van der Waals surface area contributed by atoms with Crippen LogP contribution >= 0.6 is 43.2 Å². The number of thiophene rings is 1. The highest BCUT2D eigenvalue weighted by molar-refractivity contribution is 9.13. The Morgan fingerprint density at radius 2 is 2.13 bits per heavy atom. The summed E-state index contributed by atoms with van der Waals surface area (Å²) in [7, 11) is 1.68. The van der Waals surface area contributed by atoms with Crippen LogP contribution in [0.1, 0.15) is 25.6 Å². The first-order valence-corrected chi connectivity index (χ1v) is 9.77. The van der Waals surface area contributed by atoms with Crippen molar-refractivity contribution in [3.05, 3.63) is 19.2 Å². The van der Waals surface area contributed by atoms with Gasteiger partial charge >= 0.3 is 6.09 Å². The maximum Gasteiger partial charge on any atom is 0.410 e. The third kappa shape index (κ3) is 5.42. The van der Waals surface area contributed by atoms with Crippen molar-refractivity contribution < 1.29 is 14.3 Å². The SMILES string of the molecule is CO[C@H]1CN(C(=O)OC(C)(C)C)CC1NCc1cc(Br)c(Br)s1. The third-order valence-electron chi connectivity index (χ3n) is 3.46. The van der Waals surface area contributed by atoms with Crippen LogP contribution in [0.25, 0.3) is 0 Å². The molecule has 0 aliphatic carbocycles. The Kier molecular flexibility index (Phi) is 6.52. The van der Waals surface area contributed by atoms with Crippen molar-refractivity contribution in [2.45, 2.75) is 45.1 Å². The number of nitrogens with one attached hydrogen (secondary N) is 1. The maximum atomic E-state index is 12.2. The Morgan fingerprint density at radius 3 is 2.65 bits per heavy atom. The van der Waals surface area contributed by atoms with E-state index in [4.69, 9.17) is 9.47 Å². The number of hydrogen-bond donors (Lipinski definition) is 1. The van der Waals surface area contributed by atoms with Crippen molar-refractivity contribution in [3.63, 3.8) is 0 Å². The van der Waals surface area contributed by atoms with Crippen LogP contribution in [0.4, 0.5) is 4.79 Å². The monoisotopic (exact) mass is 468 g/mol. The molecule has 0 radical (unpaired) electrons. The number of halogens is 2. The zero-order chi connectivity index (χ0) is 17.2. The summed E-state index contributed by atoms with van der Waals surface area (Å²) < 4.78 is 13.1. The second-order valence-electron chi connectivity index (χ2n) is 6.48. The van der Waals surface area contributed by atoms with Crippen LogP contribution in [-0.4, -0.2) is 48.9 Å². The van der Waals surface area contributed by atoms with Gasteiger partial charge in [-0.05, 0) is 58.7 Å².